The molecule has 0 atom stereocenters. The number of anilines is 1. The van der Waals surface area contributed by atoms with Crippen LogP contribution in [-0.2, 0) is 11.3 Å². The molecule has 0 spiro atoms. The first-order chi connectivity index (χ1) is 17.5. The molecule has 2 aromatic heterocycles. The van der Waals surface area contributed by atoms with Crippen molar-refractivity contribution in [2.24, 2.45) is 0 Å². The van der Waals surface area contributed by atoms with Crippen LogP contribution in [0.2, 0.25) is 0 Å². The number of benzene rings is 2. The van der Waals surface area contributed by atoms with Crippen molar-refractivity contribution in [1.29, 1.82) is 0 Å². The quantitative estimate of drug-likeness (QED) is 0.361. The normalized spacial score (nSPS) is 13.6. The molecule has 9 nitrogen and oxygen atoms in total. The summed E-state index contributed by atoms with van der Waals surface area (Å²) in [5.41, 5.74) is 1.46. The van der Waals surface area contributed by atoms with Gasteiger partial charge in [0.1, 0.15) is 18.1 Å². The van der Waals surface area contributed by atoms with Gasteiger partial charge in [-0.2, -0.15) is 0 Å². The van der Waals surface area contributed by atoms with Gasteiger partial charge in [-0.1, -0.05) is 0 Å². The number of carbonyl (C=O) groups excluding carboxylic acids is 1. The number of piperazine rings is 1. The summed E-state index contributed by atoms with van der Waals surface area (Å²) in [6, 6.07) is 13.4. The summed E-state index contributed by atoms with van der Waals surface area (Å²) < 4.78 is 21.1. The lowest BCUT2D eigenvalue weighted by atomic mass is 10.2. The molecule has 0 aliphatic carbocycles. The van der Waals surface area contributed by atoms with Crippen molar-refractivity contribution < 1.29 is 13.9 Å². The molecule has 3 heterocycles. The molecule has 1 aliphatic rings. The number of aromatic nitrogens is 5. The molecule has 0 N–H and O–H groups in total. The molecule has 36 heavy (non-hydrogen) atoms. The topological polar surface area (TPSA) is 89.3 Å². The van der Waals surface area contributed by atoms with E-state index >= 15 is 0 Å². The number of amides is 1. The highest BCUT2D eigenvalue weighted by atomic mass is 79.9. The number of nitrogens with zero attached hydrogens (tertiary/aromatic N) is 7. The van der Waals surface area contributed by atoms with Gasteiger partial charge in [-0.25, -0.2) is 24.0 Å². The van der Waals surface area contributed by atoms with E-state index in [0.29, 0.717) is 55.1 Å². The molecular weight excluding hydrogens is 529 g/mol. The summed E-state index contributed by atoms with van der Waals surface area (Å²) in [5, 5.41) is 4.60. The van der Waals surface area contributed by atoms with E-state index in [-0.39, 0.29) is 18.3 Å². The van der Waals surface area contributed by atoms with Gasteiger partial charge >= 0.3 is 0 Å². The predicted molar refractivity (Wildman–Crippen MR) is 136 cm³/mol. The van der Waals surface area contributed by atoms with Gasteiger partial charge < -0.3 is 14.5 Å². The van der Waals surface area contributed by atoms with Crippen LogP contribution < -0.4 is 9.64 Å². The molecule has 5 rings (SSSR count). The molecular formula is C25H23BrFN7O2. The van der Waals surface area contributed by atoms with E-state index in [1.165, 1.54) is 12.1 Å². The second-order valence-corrected chi connectivity index (χ2v) is 9.14. The van der Waals surface area contributed by atoms with Crippen LogP contribution in [0.15, 0.2) is 65.4 Å². The number of hydrogen-bond donors (Lipinski definition) is 0. The Morgan fingerprint density at radius 1 is 0.972 bits per heavy atom. The first-order valence-corrected chi connectivity index (χ1v) is 12.1. The number of carbonyl (C=O) groups is 1. The van der Waals surface area contributed by atoms with Gasteiger partial charge in [0.25, 0.3) is 0 Å². The molecule has 1 amide bonds. The fourth-order valence-electron chi connectivity index (χ4n) is 3.98. The lowest BCUT2D eigenvalue weighted by Gasteiger charge is -2.34. The molecule has 0 bridgehead atoms. The fourth-order valence-corrected chi connectivity index (χ4v) is 4.18. The van der Waals surface area contributed by atoms with E-state index in [2.05, 4.69) is 40.9 Å². The van der Waals surface area contributed by atoms with Crippen molar-refractivity contribution in [3.63, 3.8) is 0 Å². The van der Waals surface area contributed by atoms with Crippen LogP contribution in [-0.4, -0.2) is 68.8 Å². The van der Waals surface area contributed by atoms with E-state index in [0.717, 1.165) is 10.0 Å². The Bertz CT molecular complexity index is 1340. The Labute approximate surface area is 215 Å². The van der Waals surface area contributed by atoms with Crippen LogP contribution in [0.4, 0.5) is 10.3 Å². The fraction of sp³-hybridized carbons (Fsp3) is 0.240. The standard InChI is InChI=1S/C25H23BrFN7O2/c1-36-21-8-4-18(5-9-21)24-30-23(17-2-6-20(27)7-3-17)31-34(24)16-22(35)32-10-12-33(13-11-32)25-28-14-19(26)15-29-25/h2-9,14-15H,10-13,16H2,1H3. The van der Waals surface area contributed by atoms with E-state index < -0.39 is 0 Å². The largest absolute Gasteiger partial charge is 0.497 e. The number of ether oxygens (including phenoxy) is 1. The summed E-state index contributed by atoms with van der Waals surface area (Å²) in [7, 11) is 1.60. The minimum Gasteiger partial charge on any atom is -0.497 e. The van der Waals surface area contributed by atoms with Crippen LogP contribution in [0.5, 0.6) is 5.75 Å². The third-order valence-corrected chi connectivity index (χ3v) is 6.34. The molecule has 2 aromatic carbocycles. The number of halogens is 2. The van der Waals surface area contributed by atoms with Crippen LogP contribution >= 0.6 is 15.9 Å². The van der Waals surface area contributed by atoms with E-state index in [1.54, 1.807) is 36.3 Å². The summed E-state index contributed by atoms with van der Waals surface area (Å²) in [6.45, 7) is 2.41. The highest BCUT2D eigenvalue weighted by Crippen LogP contribution is 2.25. The Balaban J connectivity index is 1.35. The zero-order valence-electron chi connectivity index (χ0n) is 19.5. The van der Waals surface area contributed by atoms with Crippen LogP contribution in [0.25, 0.3) is 22.8 Å². The maximum atomic E-state index is 13.4. The van der Waals surface area contributed by atoms with Gasteiger partial charge in [-0.3, -0.25) is 4.79 Å². The number of methoxy groups -OCH3 is 1. The van der Waals surface area contributed by atoms with Gasteiger partial charge in [0.05, 0.1) is 11.6 Å². The summed E-state index contributed by atoms with van der Waals surface area (Å²) in [4.78, 5) is 30.5. The van der Waals surface area contributed by atoms with E-state index in [4.69, 9.17) is 4.74 Å². The average Bonchev–Trinajstić information content (AvgIpc) is 3.33. The first-order valence-electron chi connectivity index (χ1n) is 11.4. The zero-order valence-corrected chi connectivity index (χ0v) is 21.1. The maximum absolute atomic E-state index is 13.4. The lowest BCUT2D eigenvalue weighted by Crippen LogP contribution is -2.50. The third kappa shape index (κ3) is 5.20. The number of hydrogen-bond acceptors (Lipinski definition) is 7. The Morgan fingerprint density at radius 2 is 1.61 bits per heavy atom. The SMILES string of the molecule is COc1ccc(-c2nc(-c3ccc(F)cc3)nn2CC(=O)N2CCN(c3ncc(Br)cn3)CC2)cc1. The highest BCUT2D eigenvalue weighted by Gasteiger charge is 2.24. The molecule has 0 radical (unpaired) electrons. The lowest BCUT2D eigenvalue weighted by molar-refractivity contribution is -0.132. The molecule has 0 saturated carbocycles. The Kier molecular flexibility index (Phi) is 6.90. The van der Waals surface area contributed by atoms with Crippen molar-refractivity contribution in [2.75, 3.05) is 38.2 Å². The van der Waals surface area contributed by atoms with Crippen LogP contribution in [0.3, 0.4) is 0 Å². The van der Waals surface area contributed by atoms with E-state index in [1.807, 2.05) is 29.2 Å². The van der Waals surface area contributed by atoms with Gasteiger partial charge in [0.2, 0.25) is 11.9 Å². The molecule has 184 valence electrons. The van der Waals surface area contributed by atoms with Gasteiger partial charge in [0.15, 0.2) is 11.6 Å². The summed E-state index contributed by atoms with van der Waals surface area (Å²) in [5.74, 6) is 1.94. The Hall–Kier alpha value is -3.86. The Morgan fingerprint density at radius 3 is 2.25 bits per heavy atom. The van der Waals surface area contributed by atoms with Crippen molar-refractivity contribution in [3.05, 3.63) is 71.2 Å². The van der Waals surface area contributed by atoms with Gasteiger partial charge in [-0.05, 0) is 64.5 Å². The van der Waals surface area contributed by atoms with E-state index in [9.17, 15) is 9.18 Å². The minimum atomic E-state index is -0.337. The van der Waals surface area contributed by atoms with Crippen LogP contribution in [0, 0.1) is 5.82 Å². The minimum absolute atomic E-state index is 0.0321. The second-order valence-electron chi connectivity index (χ2n) is 8.22. The van der Waals surface area contributed by atoms with Gasteiger partial charge in [-0.15, -0.1) is 5.10 Å². The molecule has 0 unspecified atom stereocenters. The smallest absolute Gasteiger partial charge is 0.244 e. The predicted octanol–water partition coefficient (Wildman–Crippen LogP) is 3.66. The second kappa shape index (κ2) is 10.4. The molecule has 1 fully saturated rings. The highest BCUT2D eigenvalue weighted by molar-refractivity contribution is 9.10. The number of rotatable bonds is 6. The van der Waals surface area contributed by atoms with Crippen molar-refractivity contribution in [1.82, 2.24) is 29.6 Å². The third-order valence-electron chi connectivity index (χ3n) is 5.93. The van der Waals surface area contributed by atoms with Crippen molar-refractivity contribution in [3.8, 4) is 28.5 Å². The van der Waals surface area contributed by atoms with Gasteiger partial charge in [0, 0.05) is 49.7 Å². The molecule has 4 aromatic rings. The van der Waals surface area contributed by atoms with Crippen LogP contribution in [0.1, 0.15) is 0 Å². The maximum Gasteiger partial charge on any atom is 0.244 e. The summed E-state index contributed by atoms with van der Waals surface area (Å²) >= 11 is 3.35. The van der Waals surface area contributed by atoms with Crippen molar-refractivity contribution >= 4 is 27.8 Å². The monoisotopic (exact) mass is 551 g/mol. The van der Waals surface area contributed by atoms with Crippen molar-refractivity contribution in [2.45, 2.75) is 6.54 Å². The molecule has 1 aliphatic heterocycles. The first kappa shape index (κ1) is 23.9. The molecule has 11 heteroatoms. The summed E-state index contributed by atoms with van der Waals surface area (Å²) in [6.07, 6.45) is 3.42. The molecule has 1 saturated heterocycles. The average molecular weight is 552 g/mol. The zero-order chi connectivity index (χ0) is 25.1.